The molecule has 2 aliphatic rings. The van der Waals surface area contributed by atoms with Gasteiger partial charge in [-0.2, -0.15) is 0 Å². The lowest BCUT2D eigenvalue weighted by Crippen LogP contribution is -2.05. The van der Waals surface area contributed by atoms with Crippen LogP contribution < -0.4 is 0 Å². The quantitative estimate of drug-likeness (QED) is 0.249. The molecule has 2 aliphatic carbocycles. The molecule has 0 fully saturated rings. The molecule has 0 bridgehead atoms. The van der Waals surface area contributed by atoms with Crippen LogP contribution in [0.4, 0.5) is 0 Å². The van der Waals surface area contributed by atoms with E-state index in [1.165, 1.54) is 66.1 Å². The second kappa shape index (κ2) is 5.11. The second-order valence-corrected chi connectivity index (χ2v) is 8.06. The Morgan fingerprint density at radius 1 is 0.464 bits per heavy atom. The third-order valence-corrected chi connectivity index (χ3v) is 6.67. The molecule has 0 saturated carbocycles. The average Bonchev–Trinajstić information content (AvgIpc) is 3.07. The molecule has 0 nitrogen and oxygen atoms in total. The molecule has 0 unspecified atom stereocenters. The van der Waals surface area contributed by atoms with Crippen LogP contribution in [0.25, 0.3) is 54.9 Å². The summed E-state index contributed by atoms with van der Waals surface area (Å²) in [5.41, 5.74) is 11.5. The van der Waals surface area contributed by atoms with E-state index in [2.05, 4.69) is 84.9 Å². The molecule has 0 atom stereocenters. The van der Waals surface area contributed by atoms with Crippen molar-refractivity contribution < 1.29 is 0 Å². The highest BCUT2D eigenvalue weighted by Gasteiger charge is 2.28. The standard InChI is InChI=1S/C28H18/c1-3-9-20-17(7-1)13-14-19-16-25-23-12-6-5-11-22(23)24-15-18-8-2-4-10-21(18)28(26(19)20)27(24)25/h1-12,15-16H,13-14H2. The van der Waals surface area contributed by atoms with Crippen LogP contribution in [-0.2, 0) is 12.8 Å². The summed E-state index contributed by atoms with van der Waals surface area (Å²) in [6, 6.07) is 31.7. The third-order valence-electron chi connectivity index (χ3n) is 6.67. The van der Waals surface area contributed by atoms with Crippen LogP contribution in [0.3, 0.4) is 0 Å². The second-order valence-electron chi connectivity index (χ2n) is 8.06. The summed E-state index contributed by atoms with van der Waals surface area (Å²) < 4.78 is 0. The number of rotatable bonds is 0. The van der Waals surface area contributed by atoms with Crippen LogP contribution in [0.2, 0.25) is 0 Å². The summed E-state index contributed by atoms with van der Waals surface area (Å²) in [6.45, 7) is 0. The Balaban J connectivity index is 1.79. The van der Waals surface area contributed by atoms with Crippen molar-refractivity contribution in [2.75, 3.05) is 0 Å². The molecule has 0 radical (unpaired) electrons. The maximum absolute atomic E-state index is 2.48. The third kappa shape index (κ3) is 1.71. The first-order valence-electron chi connectivity index (χ1n) is 10.1. The molecule has 7 rings (SSSR count). The maximum atomic E-state index is 2.48. The van der Waals surface area contributed by atoms with Crippen LogP contribution in [0.1, 0.15) is 11.1 Å². The van der Waals surface area contributed by atoms with Gasteiger partial charge in [0.05, 0.1) is 0 Å². The van der Waals surface area contributed by atoms with E-state index < -0.39 is 0 Å². The van der Waals surface area contributed by atoms with Gasteiger partial charge in [-0.1, -0.05) is 72.8 Å². The van der Waals surface area contributed by atoms with Gasteiger partial charge in [0.15, 0.2) is 0 Å². The lowest BCUT2D eigenvalue weighted by Gasteiger charge is -2.24. The van der Waals surface area contributed by atoms with Crippen molar-refractivity contribution >= 4 is 21.5 Å². The summed E-state index contributed by atoms with van der Waals surface area (Å²) in [4.78, 5) is 0. The Kier molecular flexibility index (Phi) is 2.67. The fraction of sp³-hybridized carbons (Fsp3) is 0.0714. The molecule has 5 aromatic rings. The van der Waals surface area contributed by atoms with E-state index in [1.54, 1.807) is 0 Å². The molecule has 0 spiro atoms. The highest BCUT2D eigenvalue weighted by molar-refractivity contribution is 6.27. The number of hydrogen-bond acceptors (Lipinski definition) is 0. The number of fused-ring (bicyclic) bond motifs is 9. The van der Waals surface area contributed by atoms with Gasteiger partial charge in [-0.15, -0.1) is 0 Å². The monoisotopic (exact) mass is 354 g/mol. The Bertz CT molecular complexity index is 1450. The topological polar surface area (TPSA) is 0 Å². The maximum Gasteiger partial charge on any atom is -0.00114 e. The lowest BCUT2D eigenvalue weighted by molar-refractivity contribution is 0.945. The lowest BCUT2D eigenvalue weighted by atomic mass is 9.80. The van der Waals surface area contributed by atoms with Crippen molar-refractivity contribution in [2.45, 2.75) is 12.8 Å². The predicted octanol–water partition coefficient (Wildman–Crippen LogP) is 7.41. The van der Waals surface area contributed by atoms with Crippen molar-refractivity contribution in [2.24, 2.45) is 0 Å². The van der Waals surface area contributed by atoms with Crippen LogP contribution >= 0.6 is 0 Å². The van der Waals surface area contributed by atoms with E-state index in [1.807, 2.05) is 0 Å². The van der Waals surface area contributed by atoms with Gasteiger partial charge in [0.1, 0.15) is 0 Å². The minimum atomic E-state index is 1.12. The highest BCUT2D eigenvalue weighted by Crippen LogP contribution is 2.53. The van der Waals surface area contributed by atoms with Gasteiger partial charge in [0.2, 0.25) is 0 Å². The van der Waals surface area contributed by atoms with E-state index >= 15 is 0 Å². The first kappa shape index (κ1) is 14.6. The molecule has 0 heteroatoms. The fourth-order valence-corrected chi connectivity index (χ4v) is 5.50. The van der Waals surface area contributed by atoms with E-state index in [9.17, 15) is 0 Å². The molecule has 28 heavy (non-hydrogen) atoms. The van der Waals surface area contributed by atoms with E-state index in [0.717, 1.165) is 12.8 Å². The number of benzene rings is 5. The molecule has 0 amide bonds. The molecular weight excluding hydrogens is 336 g/mol. The number of aryl methyl sites for hydroxylation is 2. The molecule has 0 heterocycles. The van der Waals surface area contributed by atoms with Gasteiger partial charge in [0.25, 0.3) is 0 Å². The molecule has 0 aliphatic heterocycles. The fourth-order valence-electron chi connectivity index (χ4n) is 5.50. The highest BCUT2D eigenvalue weighted by atomic mass is 14.3. The summed E-state index contributed by atoms with van der Waals surface area (Å²) in [7, 11) is 0. The zero-order valence-corrected chi connectivity index (χ0v) is 15.5. The summed E-state index contributed by atoms with van der Waals surface area (Å²) in [5.74, 6) is 0. The first-order valence-corrected chi connectivity index (χ1v) is 10.1. The first-order chi connectivity index (χ1) is 13.9. The van der Waals surface area contributed by atoms with E-state index in [4.69, 9.17) is 0 Å². The summed E-state index contributed by atoms with van der Waals surface area (Å²) in [5, 5.41) is 5.60. The summed E-state index contributed by atoms with van der Waals surface area (Å²) in [6.07, 6.45) is 2.25. The van der Waals surface area contributed by atoms with Gasteiger partial charge >= 0.3 is 0 Å². The van der Waals surface area contributed by atoms with E-state index in [-0.39, 0.29) is 0 Å². The Morgan fingerprint density at radius 3 is 1.96 bits per heavy atom. The van der Waals surface area contributed by atoms with Crippen LogP contribution in [0.5, 0.6) is 0 Å². The van der Waals surface area contributed by atoms with Gasteiger partial charge in [-0.05, 0) is 91.0 Å². The van der Waals surface area contributed by atoms with Crippen LogP contribution in [-0.4, -0.2) is 0 Å². The van der Waals surface area contributed by atoms with Crippen LogP contribution in [0.15, 0.2) is 84.9 Å². The Morgan fingerprint density at radius 2 is 1.11 bits per heavy atom. The van der Waals surface area contributed by atoms with Crippen molar-refractivity contribution in [3.63, 3.8) is 0 Å². The van der Waals surface area contributed by atoms with E-state index in [0.29, 0.717) is 0 Å². The molecule has 0 saturated heterocycles. The number of hydrogen-bond donors (Lipinski definition) is 0. The minimum absolute atomic E-state index is 1.12. The smallest absolute Gasteiger partial charge is 0.00114 e. The zero-order chi connectivity index (χ0) is 18.2. The molecule has 0 N–H and O–H groups in total. The SMILES string of the molecule is c1ccc2c(c1)CCc1cc3c4c(cc5ccccc5c4c1-2)-c1ccccc1-3. The Labute approximate surface area is 164 Å². The summed E-state index contributed by atoms with van der Waals surface area (Å²) >= 11 is 0. The largest absolute Gasteiger partial charge is 0.0620 e. The van der Waals surface area contributed by atoms with Crippen molar-refractivity contribution in [3.8, 4) is 33.4 Å². The van der Waals surface area contributed by atoms with Crippen LogP contribution in [0, 0.1) is 0 Å². The van der Waals surface area contributed by atoms with Gasteiger partial charge < -0.3 is 0 Å². The van der Waals surface area contributed by atoms with Crippen molar-refractivity contribution in [1.82, 2.24) is 0 Å². The molecule has 5 aromatic carbocycles. The predicted molar refractivity (Wildman–Crippen MR) is 119 cm³/mol. The Hall–Kier alpha value is -3.38. The van der Waals surface area contributed by atoms with Gasteiger partial charge in [-0.25, -0.2) is 0 Å². The van der Waals surface area contributed by atoms with Gasteiger partial charge in [0, 0.05) is 0 Å². The van der Waals surface area contributed by atoms with Gasteiger partial charge in [-0.3, -0.25) is 0 Å². The molecule has 0 aromatic heterocycles. The molecular formula is C28H18. The zero-order valence-electron chi connectivity index (χ0n) is 15.5. The average molecular weight is 354 g/mol. The van der Waals surface area contributed by atoms with Crippen molar-refractivity contribution in [3.05, 3.63) is 96.1 Å². The minimum Gasteiger partial charge on any atom is -0.0620 e. The molecule has 130 valence electrons. The normalized spacial score (nSPS) is 13.4. The van der Waals surface area contributed by atoms with Crippen molar-refractivity contribution in [1.29, 1.82) is 0 Å².